The molecule has 1 aromatic carbocycles. The lowest BCUT2D eigenvalue weighted by atomic mass is 10.0. The van der Waals surface area contributed by atoms with Gasteiger partial charge in [-0.3, -0.25) is 9.59 Å². The lowest BCUT2D eigenvalue weighted by Gasteiger charge is -2.22. The molecule has 1 saturated heterocycles. The number of nitrogens with zero attached hydrogens (tertiary/aromatic N) is 1. The third-order valence-corrected chi connectivity index (χ3v) is 4.75. The summed E-state index contributed by atoms with van der Waals surface area (Å²) in [6.07, 6.45) is 2.77. The molecule has 0 spiro atoms. The zero-order valence-electron chi connectivity index (χ0n) is 14.1. The van der Waals surface area contributed by atoms with Gasteiger partial charge in [-0.25, -0.2) is 0 Å². The molecule has 3 rings (SSSR count). The third kappa shape index (κ3) is 4.08. The molecule has 0 aromatic heterocycles. The summed E-state index contributed by atoms with van der Waals surface area (Å²) in [7, 11) is 0. The molecule has 2 fully saturated rings. The van der Waals surface area contributed by atoms with Gasteiger partial charge in [0.2, 0.25) is 11.8 Å². The summed E-state index contributed by atoms with van der Waals surface area (Å²) in [6.45, 7) is -0.615. The Morgan fingerprint density at radius 1 is 1.36 bits per heavy atom. The number of carbonyl (C=O) groups excluding carboxylic acids is 2. The van der Waals surface area contributed by atoms with Gasteiger partial charge in [0.1, 0.15) is 5.75 Å². The van der Waals surface area contributed by atoms with Crippen molar-refractivity contribution in [1.29, 1.82) is 0 Å². The van der Waals surface area contributed by atoms with E-state index >= 15 is 0 Å². The molecule has 2 amide bonds. The highest BCUT2D eigenvalue weighted by Crippen LogP contribution is 2.33. The Bertz CT molecular complexity index is 649. The van der Waals surface area contributed by atoms with Gasteiger partial charge in [-0.1, -0.05) is 25.1 Å². The number of alkyl halides is 2. The second kappa shape index (κ2) is 7.37. The largest absolute Gasteiger partial charge is 0.434 e. The topological polar surface area (TPSA) is 58.6 Å². The molecule has 25 heavy (non-hydrogen) atoms. The van der Waals surface area contributed by atoms with Crippen molar-refractivity contribution in [3.63, 3.8) is 0 Å². The van der Waals surface area contributed by atoms with Gasteiger partial charge in [0.15, 0.2) is 0 Å². The average Bonchev–Trinajstić information content (AvgIpc) is 3.34. The summed E-state index contributed by atoms with van der Waals surface area (Å²) in [6, 6.07) is 6.32. The number of ether oxygens (including phenoxy) is 1. The molecule has 2 atom stereocenters. The number of halogens is 2. The first-order chi connectivity index (χ1) is 12.0. The number of hydrogen-bond acceptors (Lipinski definition) is 3. The van der Waals surface area contributed by atoms with Gasteiger partial charge in [-0.15, -0.1) is 0 Å². The number of likely N-dealkylation sites (tertiary alicyclic amines) is 1. The highest BCUT2D eigenvalue weighted by molar-refractivity contribution is 5.89. The molecule has 1 N–H and O–H groups in total. The highest BCUT2D eigenvalue weighted by Gasteiger charge is 2.42. The number of amides is 2. The lowest BCUT2D eigenvalue weighted by molar-refractivity contribution is -0.129. The normalized spacial score (nSPS) is 21.5. The molecule has 7 heteroatoms. The van der Waals surface area contributed by atoms with E-state index in [-0.39, 0.29) is 29.9 Å². The number of hydrogen-bond donors (Lipinski definition) is 1. The van der Waals surface area contributed by atoms with Crippen molar-refractivity contribution in [1.82, 2.24) is 10.2 Å². The molecular formula is C18H22F2N2O3. The Hall–Kier alpha value is -2.18. The minimum absolute atomic E-state index is 0.0251. The first-order valence-electron chi connectivity index (χ1n) is 8.63. The maximum atomic E-state index is 12.6. The van der Waals surface area contributed by atoms with Crippen LogP contribution in [0.2, 0.25) is 0 Å². The third-order valence-electron chi connectivity index (χ3n) is 4.75. The smallest absolute Gasteiger partial charge is 0.387 e. The van der Waals surface area contributed by atoms with Crippen molar-refractivity contribution >= 4 is 11.8 Å². The molecule has 0 bridgehead atoms. The SMILES string of the molecule is CCC(NC(=O)C1CC(=O)N(C2CC2)C1)c1ccccc1OC(F)F. The predicted molar refractivity (Wildman–Crippen MR) is 87.1 cm³/mol. The van der Waals surface area contributed by atoms with Crippen molar-refractivity contribution in [3.8, 4) is 5.75 Å². The average molecular weight is 352 g/mol. The van der Waals surface area contributed by atoms with Gasteiger partial charge in [-0.2, -0.15) is 8.78 Å². The van der Waals surface area contributed by atoms with E-state index in [1.165, 1.54) is 6.07 Å². The number of benzene rings is 1. The van der Waals surface area contributed by atoms with Gasteiger partial charge in [-0.05, 0) is 25.3 Å². The van der Waals surface area contributed by atoms with E-state index in [4.69, 9.17) is 0 Å². The summed E-state index contributed by atoms with van der Waals surface area (Å²) in [4.78, 5) is 26.4. The van der Waals surface area contributed by atoms with Crippen LogP contribution in [0.25, 0.3) is 0 Å². The Kier molecular flexibility index (Phi) is 5.20. The van der Waals surface area contributed by atoms with Crippen LogP contribution in [0.3, 0.4) is 0 Å². The molecule has 1 saturated carbocycles. The van der Waals surface area contributed by atoms with Gasteiger partial charge in [0.05, 0.1) is 12.0 Å². The zero-order chi connectivity index (χ0) is 18.0. The van der Waals surface area contributed by atoms with Crippen molar-refractivity contribution < 1.29 is 23.1 Å². The number of carbonyl (C=O) groups is 2. The summed E-state index contributed by atoms with van der Waals surface area (Å²) in [5, 5.41) is 2.90. The second-order valence-corrected chi connectivity index (χ2v) is 6.56. The molecule has 2 aliphatic rings. The molecule has 0 radical (unpaired) electrons. The molecule has 1 aromatic rings. The molecule has 5 nitrogen and oxygen atoms in total. The lowest BCUT2D eigenvalue weighted by Crippen LogP contribution is -2.36. The fourth-order valence-corrected chi connectivity index (χ4v) is 3.31. The van der Waals surface area contributed by atoms with E-state index in [0.717, 1.165) is 12.8 Å². The van der Waals surface area contributed by atoms with E-state index in [1.807, 2.05) is 6.92 Å². The van der Waals surface area contributed by atoms with Crippen LogP contribution in [0.15, 0.2) is 24.3 Å². The van der Waals surface area contributed by atoms with Gasteiger partial charge in [0.25, 0.3) is 0 Å². The molecule has 136 valence electrons. The van der Waals surface area contributed by atoms with Crippen LogP contribution in [0.5, 0.6) is 5.75 Å². The fraction of sp³-hybridized carbons (Fsp3) is 0.556. The Balaban J connectivity index is 1.68. The molecule has 2 unspecified atom stereocenters. The standard InChI is InChI=1S/C18H22F2N2O3/c1-2-14(13-5-3-4-6-15(13)25-18(19)20)21-17(24)11-9-16(23)22(10-11)12-7-8-12/h3-6,11-12,14,18H,2,7-10H2,1H3,(H,21,24). The van der Waals surface area contributed by atoms with Crippen LogP contribution in [-0.4, -0.2) is 35.9 Å². The second-order valence-electron chi connectivity index (χ2n) is 6.56. The highest BCUT2D eigenvalue weighted by atomic mass is 19.3. The Morgan fingerprint density at radius 3 is 2.72 bits per heavy atom. The van der Waals surface area contributed by atoms with Crippen molar-refractivity contribution in [2.75, 3.05) is 6.54 Å². The molecule has 1 heterocycles. The van der Waals surface area contributed by atoms with E-state index in [2.05, 4.69) is 10.1 Å². The maximum Gasteiger partial charge on any atom is 0.387 e. The monoisotopic (exact) mass is 352 g/mol. The Labute approximate surface area is 145 Å². The van der Waals surface area contributed by atoms with Crippen molar-refractivity contribution in [3.05, 3.63) is 29.8 Å². The van der Waals surface area contributed by atoms with Crippen LogP contribution < -0.4 is 10.1 Å². The minimum atomic E-state index is -2.92. The molecule has 1 aliphatic carbocycles. The van der Waals surface area contributed by atoms with Crippen molar-refractivity contribution in [2.45, 2.75) is 51.3 Å². The summed E-state index contributed by atoms with van der Waals surface area (Å²) in [5.41, 5.74) is 0.516. The maximum absolute atomic E-state index is 12.6. The predicted octanol–water partition coefficient (Wildman–Crippen LogP) is 2.87. The first-order valence-corrected chi connectivity index (χ1v) is 8.63. The van der Waals surface area contributed by atoms with Crippen molar-refractivity contribution in [2.24, 2.45) is 5.92 Å². The summed E-state index contributed by atoms with van der Waals surface area (Å²) in [5.74, 6) is -0.510. The van der Waals surface area contributed by atoms with Gasteiger partial charge >= 0.3 is 6.61 Å². The molecule has 1 aliphatic heterocycles. The van der Waals surface area contributed by atoms with Crippen LogP contribution in [0, 0.1) is 5.92 Å². The Morgan fingerprint density at radius 2 is 2.08 bits per heavy atom. The van der Waals surface area contributed by atoms with Crippen LogP contribution in [-0.2, 0) is 9.59 Å². The summed E-state index contributed by atoms with van der Waals surface area (Å²) >= 11 is 0. The van der Waals surface area contributed by atoms with Crippen LogP contribution in [0.4, 0.5) is 8.78 Å². The van der Waals surface area contributed by atoms with E-state index < -0.39 is 12.7 Å². The molecular weight excluding hydrogens is 330 g/mol. The number of nitrogens with one attached hydrogen (secondary N) is 1. The number of rotatable bonds is 7. The van der Waals surface area contributed by atoms with Crippen LogP contribution >= 0.6 is 0 Å². The minimum Gasteiger partial charge on any atom is -0.434 e. The first kappa shape index (κ1) is 17.6. The van der Waals surface area contributed by atoms with E-state index in [1.54, 1.807) is 23.1 Å². The van der Waals surface area contributed by atoms with E-state index in [0.29, 0.717) is 24.6 Å². The van der Waals surface area contributed by atoms with Crippen LogP contribution in [0.1, 0.15) is 44.2 Å². The van der Waals surface area contributed by atoms with Gasteiger partial charge < -0.3 is 15.0 Å². The quantitative estimate of drug-likeness (QED) is 0.821. The summed E-state index contributed by atoms with van der Waals surface area (Å²) < 4.78 is 29.7. The van der Waals surface area contributed by atoms with E-state index in [9.17, 15) is 18.4 Å². The zero-order valence-corrected chi connectivity index (χ0v) is 14.1. The van der Waals surface area contributed by atoms with Gasteiger partial charge in [0, 0.05) is 24.6 Å². The fourth-order valence-electron chi connectivity index (χ4n) is 3.31. The number of para-hydroxylation sites is 1.